The molecule has 0 aromatic carbocycles. The summed E-state index contributed by atoms with van der Waals surface area (Å²) in [5, 5.41) is 3.56. The van der Waals surface area contributed by atoms with Crippen molar-refractivity contribution in [1.29, 1.82) is 0 Å². The van der Waals surface area contributed by atoms with Gasteiger partial charge in [0.25, 0.3) is 0 Å². The molecular formula is C24H38N2. The summed E-state index contributed by atoms with van der Waals surface area (Å²) in [6.45, 7) is 4.52. The first-order valence-corrected chi connectivity index (χ1v) is 11.3. The van der Waals surface area contributed by atoms with Gasteiger partial charge in [-0.15, -0.1) is 0 Å². The first-order chi connectivity index (χ1) is 12.7. The summed E-state index contributed by atoms with van der Waals surface area (Å²) in [7, 11) is 0. The number of hydrogen-bond acceptors (Lipinski definition) is 2. The molecule has 4 aliphatic carbocycles. The molecule has 1 atom stereocenters. The van der Waals surface area contributed by atoms with Crippen molar-refractivity contribution in [2.45, 2.75) is 77.6 Å². The van der Waals surface area contributed by atoms with Gasteiger partial charge in [-0.25, -0.2) is 0 Å². The second-order valence-corrected chi connectivity index (χ2v) is 9.86. The molecule has 5 rings (SSSR count). The minimum absolute atomic E-state index is 0.752. The Morgan fingerprint density at radius 3 is 2.27 bits per heavy atom. The van der Waals surface area contributed by atoms with Crippen LogP contribution >= 0.6 is 0 Å². The summed E-state index contributed by atoms with van der Waals surface area (Å²) in [6.07, 6.45) is 20.2. The van der Waals surface area contributed by atoms with E-state index in [9.17, 15) is 0 Å². The maximum atomic E-state index is 4.17. The van der Waals surface area contributed by atoms with E-state index in [1.807, 2.05) is 12.4 Å². The molecule has 2 heteroatoms. The molecule has 144 valence electrons. The third-order valence-corrected chi connectivity index (χ3v) is 7.82. The molecule has 4 bridgehead atoms. The summed E-state index contributed by atoms with van der Waals surface area (Å²) < 4.78 is 0. The largest absolute Gasteiger partial charge is 0.317 e. The van der Waals surface area contributed by atoms with Gasteiger partial charge in [0.2, 0.25) is 0 Å². The molecule has 1 heterocycles. The van der Waals surface area contributed by atoms with Gasteiger partial charge in [0.1, 0.15) is 0 Å². The van der Waals surface area contributed by atoms with Gasteiger partial charge in [0.05, 0.1) is 0 Å². The minimum Gasteiger partial charge on any atom is -0.317 e. The third-order valence-electron chi connectivity index (χ3n) is 7.82. The number of aromatic nitrogens is 1. The Bertz CT molecular complexity index is 517. The van der Waals surface area contributed by atoms with Gasteiger partial charge in [-0.2, -0.15) is 0 Å². The first-order valence-electron chi connectivity index (χ1n) is 11.3. The highest BCUT2D eigenvalue weighted by molar-refractivity contribution is 5.09. The van der Waals surface area contributed by atoms with E-state index in [0.29, 0.717) is 0 Å². The Kier molecular flexibility index (Phi) is 5.98. The van der Waals surface area contributed by atoms with Crippen molar-refractivity contribution in [2.75, 3.05) is 13.1 Å². The van der Waals surface area contributed by atoms with Crippen LogP contribution in [0.15, 0.2) is 24.5 Å². The van der Waals surface area contributed by atoms with Crippen LogP contribution in [0.1, 0.15) is 76.7 Å². The second-order valence-electron chi connectivity index (χ2n) is 9.86. The van der Waals surface area contributed by atoms with Crippen molar-refractivity contribution < 1.29 is 0 Å². The van der Waals surface area contributed by atoms with E-state index in [-0.39, 0.29) is 0 Å². The number of aryl methyl sites for hydroxylation is 1. The zero-order valence-corrected chi connectivity index (χ0v) is 16.8. The maximum Gasteiger partial charge on any atom is 0.0270 e. The number of rotatable bonds is 10. The van der Waals surface area contributed by atoms with Gasteiger partial charge in [-0.3, -0.25) is 4.98 Å². The highest BCUT2D eigenvalue weighted by Gasteiger charge is 2.50. The number of pyridine rings is 1. The SMILES string of the molecule is CCNCCC(CCc1ccncc1)CCC12CC3CC(CC(C3)C1)C2. The van der Waals surface area contributed by atoms with E-state index >= 15 is 0 Å². The number of nitrogens with zero attached hydrogens (tertiary/aromatic N) is 1. The van der Waals surface area contributed by atoms with Gasteiger partial charge in [0.15, 0.2) is 0 Å². The lowest BCUT2D eigenvalue weighted by Crippen LogP contribution is -2.46. The van der Waals surface area contributed by atoms with Gasteiger partial charge in [0, 0.05) is 12.4 Å². The second kappa shape index (κ2) is 8.42. The van der Waals surface area contributed by atoms with E-state index in [1.165, 1.54) is 44.2 Å². The molecule has 1 aromatic rings. The van der Waals surface area contributed by atoms with E-state index in [2.05, 4.69) is 29.4 Å². The molecule has 0 radical (unpaired) electrons. The lowest BCUT2D eigenvalue weighted by Gasteiger charge is -2.57. The Hall–Kier alpha value is -0.890. The predicted octanol–water partition coefficient (Wildman–Crippen LogP) is 5.63. The molecule has 4 aliphatic rings. The van der Waals surface area contributed by atoms with Crippen LogP contribution in [0.5, 0.6) is 0 Å². The molecule has 4 saturated carbocycles. The third kappa shape index (κ3) is 4.50. The van der Waals surface area contributed by atoms with Gasteiger partial charge < -0.3 is 5.32 Å². The van der Waals surface area contributed by atoms with Crippen molar-refractivity contribution in [3.63, 3.8) is 0 Å². The first kappa shape index (κ1) is 18.5. The van der Waals surface area contributed by atoms with Gasteiger partial charge >= 0.3 is 0 Å². The molecule has 0 saturated heterocycles. The maximum absolute atomic E-state index is 4.17. The molecule has 1 N–H and O–H groups in total. The highest BCUT2D eigenvalue weighted by atomic mass is 14.8. The van der Waals surface area contributed by atoms with Crippen LogP contribution in [0, 0.1) is 29.1 Å². The van der Waals surface area contributed by atoms with Crippen molar-refractivity contribution >= 4 is 0 Å². The standard InChI is InChI=1S/C24H38N2/c1-2-25-10-6-19(3-4-20-7-11-26-12-8-20)5-9-24-16-21-13-22(17-24)15-23(14-21)18-24/h7-8,11-12,19,21-23,25H,2-6,9-10,13-18H2,1H3. The van der Waals surface area contributed by atoms with Crippen molar-refractivity contribution in [1.82, 2.24) is 10.3 Å². The average molecular weight is 355 g/mol. The fourth-order valence-electron chi connectivity index (χ4n) is 6.94. The van der Waals surface area contributed by atoms with Crippen molar-refractivity contribution in [3.05, 3.63) is 30.1 Å². The molecule has 2 nitrogen and oxygen atoms in total. The Balaban J connectivity index is 1.32. The molecule has 4 fully saturated rings. The molecule has 26 heavy (non-hydrogen) atoms. The lowest BCUT2D eigenvalue weighted by atomic mass is 9.48. The number of hydrogen-bond donors (Lipinski definition) is 1. The smallest absolute Gasteiger partial charge is 0.0270 e. The van der Waals surface area contributed by atoms with Gasteiger partial charge in [-0.1, -0.05) is 6.92 Å². The van der Waals surface area contributed by atoms with Crippen LogP contribution < -0.4 is 5.32 Å². The molecular weight excluding hydrogens is 316 g/mol. The monoisotopic (exact) mass is 354 g/mol. The van der Waals surface area contributed by atoms with E-state index in [0.717, 1.165) is 35.6 Å². The van der Waals surface area contributed by atoms with Crippen LogP contribution in [0.25, 0.3) is 0 Å². The Morgan fingerprint density at radius 1 is 1.00 bits per heavy atom. The van der Waals surface area contributed by atoms with Crippen molar-refractivity contribution in [2.24, 2.45) is 29.1 Å². The molecule has 1 aromatic heterocycles. The quantitative estimate of drug-likeness (QED) is 0.551. The Labute approximate surface area is 160 Å². The average Bonchev–Trinajstić information content (AvgIpc) is 2.63. The molecule has 0 amide bonds. The summed E-state index contributed by atoms with van der Waals surface area (Å²) in [5.74, 6) is 4.17. The zero-order chi connectivity index (χ0) is 17.8. The normalized spacial score (nSPS) is 33.5. The summed E-state index contributed by atoms with van der Waals surface area (Å²) in [5.41, 5.74) is 2.21. The lowest BCUT2D eigenvalue weighted by molar-refractivity contribution is -0.0602. The highest BCUT2D eigenvalue weighted by Crippen LogP contribution is 2.61. The van der Waals surface area contributed by atoms with Gasteiger partial charge in [-0.05, 0) is 131 Å². The van der Waals surface area contributed by atoms with Crippen LogP contribution in [-0.4, -0.2) is 18.1 Å². The van der Waals surface area contributed by atoms with E-state index < -0.39 is 0 Å². The fraction of sp³-hybridized carbons (Fsp3) is 0.792. The zero-order valence-electron chi connectivity index (χ0n) is 16.8. The van der Waals surface area contributed by atoms with Crippen molar-refractivity contribution in [3.8, 4) is 0 Å². The van der Waals surface area contributed by atoms with E-state index in [4.69, 9.17) is 0 Å². The molecule has 0 spiro atoms. The Morgan fingerprint density at radius 2 is 1.65 bits per heavy atom. The summed E-state index contributed by atoms with van der Waals surface area (Å²) in [6, 6.07) is 4.39. The molecule has 0 aliphatic heterocycles. The summed E-state index contributed by atoms with van der Waals surface area (Å²) >= 11 is 0. The summed E-state index contributed by atoms with van der Waals surface area (Å²) in [4.78, 5) is 4.17. The van der Waals surface area contributed by atoms with E-state index in [1.54, 1.807) is 38.5 Å². The van der Waals surface area contributed by atoms with Crippen LogP contribution in [0.3, 0.4) is 0 Å². The van der Waals surface area contributed by atoms with Crippen LogP contribution in [0.4, 0.5) is 0 Å². The van der Waals surface area contributed by atoms with Crippen LogP contribution in [0.2, 0.25) is 0 Å². The molecule has 1 unspecified atom stereocenters. The topological polar surface area (TPSA) is 24.9 Å². The number of nitrogens with one attached hydrogen (secondary N) is 1. The predicted molar refractivity (Wildman–Crippen MR) is 109 cm³/mol. The fourth-order valence-corrected chi connectivity index (χ4v) is 6.94. The minimum atomic E-state index is 0.752. The van der Waals surface area contributed by atoms with Crippen LogP contribution in [-0.2, 0) is 6.42 Å².